The number of imidazole rings is 1. The molecule has 0 bridgehead atoms. The number of nitrogens with zero attached hydrogens (tertiary/aromatic N) is 5. The number of pyridine rings is 1. The second-order valence-corrected chi connectivity index (χ2v) is 16.2. The third-order valence-corrected chi connectivity index (χ3v) is 12.3. The van der Waals surface area contributed by atoms with Crippen LogP contribution in [0.5, 0.6) is 0 Å². The fourth-order valence-corrected chi connectivity index (χ4v) is 9.48. The van der Waals surface area contributed by atoms with E-state index in [1.54, 1.807) is 0 Å². The summed E-state index contributed by atoms with van der Waals surface area (Å²) >= 11 is 0. The first-order chi connectivity index (χ1) is 30.5. The minimum Gasteiger partial charge on any atom is -0.357 e. The van der Waals surface area contributed by atoms with Crippen molar-refractivity contribution in [3.05, 3.63) is 217 Å². The van der Waals surface area contributed by atoms with Gasteiger partial charge in [-0.25, -0.2) is 14.1 Å². The topological polar surface area (TPSA) is 30.9 Å². The molecule has 10 aromatic rings. The Bertz CT molecular complexity index is 3390. The van der Waals surface area contributed by atoms with Gasteiger partial charge in [-0.15, -0.1) is 29.7 Å². The second kappa shape index (κ2) is 16.7. The number of hydrogen-bond acceptors (Lipinski definition) is 2. The molecule has 0 spiro atoms. The normalized spacial score (nSPS) is 12.5. The molecule has 3 aromatic heterocycles. The standard InChI is InChI=1S/C57H44N5.Pt/c1-39-17-14-18-40(2)56(39)43-33-34-58-55(35-43)62-51-28-11-10-25-49(51)50-32-31-46(37-54(50)62)61(45-24-15-23-44(36-45)60-38-59(3)52-29-12-13-30-53(52)60)57-47(41-19-6-4-7-20-41)26-16-27-48(57)42-21-8-5-9-22-42;/h4-8,10-21,23-35,38H,9,22H2,1-3H3;/q-1;. The van der Waals surface area contributed by atoms with Crippen LogP contribution in [0.1, 0.15) is 29.5 Å². The Hall–Kier alpha value is -7.07. The SMILES string of the molecule is Cc1cccc(C)c1-c1ccnc(-n2c3[c-]c(N(c4[c-]c(-n5[cH+]n(C)c6ccccc65)ccc4)c4c(C5=CC=CCC5)cccc4-c4ccccc4)ccc3c3ccccc32)c1.[Pt]. The summed E-state index contributed by atoms with van der Waals surface area (Å²) in [4.78, 5) is 7.45. The third kappa shape index (κ3) is 7.03. The number of para-hydroxylation sites is 4. The number of aryl methyl sites for hydroxylation is 3. The molecule has 0 amide bonds. The van der Waals surface area contributed by atoms with Crippen molar-refractivity contribution in [2.45, 2.75) is 26.7 Å². The molecule has 308 valence electrons. The quantitative estimate of drug-likeness (QED) is 0.142. The second-order valence-electron chi connectivity index (χ2n) is 16.2. The van der Waals surface area contributed by atoms with Gasteiger partial charge in [0.2, 0.25) is 0 Å². The van der Waals surface area contributed by atoms with Crippen molar-refractivity contribution in [1.29, 1.82) is 0 Å². The zero-order valence-electron chi connectivity index (χ0n) is 35.4. The molecule has 0 fully saturated rings. The average Bonchev–Trinajstić information content (AvgIpc) is 3.84. The molecule has 0 saturated carbocycles. The maximum Gasteiger partial charge on any atom is 0.188 e. The number of allylic oxidation sites excluding steroid dienone is 4. The van der Waals surface area contributed by atoms with E-state index >= 15 is 0 Å². The summed E-state index contributed by atoms with van der Waals surface area (Å²) < 4.78 is 6.69. The molecule has 0 saturated heterocycles. The number of fused-ring (bicyclic) bond motifs is 4. The molecule has 3 heterocycles. The van der Waals surface area contributed by atoms with Crippen LogP contribution in [0.15, 0.2) is 188 Å². The molecule has 0 aliphatic heterocycles. The summed E-state index contributed by atoms with van der Waals surface area (Å²) in [7, 11) is 2.10. The van der Waals surface area contributed by atoms with Crippen molar-refractivity contribution in [3.63, 3.8) is 0 Å². The third-order valence-electron chi connectivity index (χ3n) is 12.3. The van der Waals surface area contributed by atoms with E-state index < -0.39 is 0 Å². The van der Waals surface area contributed by atoms with Gasteiger partial charge in [-0.1, -0.05) is 126 Å². The molecule has 0 radical (unpaired) electrons. The van der Waals surface area contributed by atoms with E-state index in [4.69, 9.17) is 4.98 Å². The monoisotopic (exact) mass is 993 g/mol. The van der Waals surface area contributed by atoms with Gasteiger partial charge in [0.25, 0.3) is 0 Å². The summed E-state index contributed by atoms with van der Waals surface area (Å²) in [5.74, 6) is 0.849. The van der Waals surface area contributed by atoms with Crippen molar-refractivity contribution in [2.24, 2.45) is 7.05 Å². The van der Waals surface area contributed by atoms with Crippen LogP contribution >= 0.6 is 0 Å². The van der Waals surface area contributed by atoms with Gasteiger partial charge in [-0.3, -0.25) is 0 Å². The molecular weight excluding hydrogens is 950 g/mol. The van der Waals surface area contributed by atoms with Crippen LogP contribution in [0.3, 0.4) is 0 Å². The smallest absolute Gasteiger partial charge is 0.188 e. The molecule has 0 N–H and O–H groups in total. The largest absolute Gasteiger partial charge is 0.357 e. The molecule has 7 aromatic carbocycles. The van der Waals surface area contributed by atoms with Crippen molar-refractivity contribution in [3.8, 4) is 33.8 Å². The van der Waals surface area contributed by atoms with Crippen LogP contribution in [0.2, 0.25) is 0 Å². The molecule has 63 heavy (non-hydrogen) atoms. The Labute approximate surface area is 382 Å². The summed E-state index contributed by atoms with van der Waals surface area (Å²) in [6.07, 6.45) is 12.8. The van der Waals surface area contributed by atoms with Crippen LogP contribution in [0, 0.1) is 26.0 Å². The van der Waals surface area contributed by atoms with E-state index in [1.165, 1.54) is 27.8 Å². The van der Waals surface area contributed by atoms with Gasteiger partial charge in [0.1, 0.15) is 5.82 Å². The molecular formula is C57H44N5Pt-. The predicted molar refractivity (Wildman–Crippen MR) is 258 cm³/mol. The predicted octanol–water partition coefficient (Wildman–Crippen LogP) is 14.5. The number of benzene rings is 7. The van der Waals surface area contributed by atoms with Crippen LogP contribution < -0.4 is 4.90 Å². The Morgan fingerprint density at radius 1 is 0.635 bits per heavy atom. The van der Waals surface area contributed by atoms with E-state index in [2.05, 4.69) is 234 Å². The number of hydrogen-bond donors (Lipinski definition) is 0. The van der Waals surface area contributed by atoms with E-state index in [0.29, 0.717) is 0 Å². The van der Waals surface area contributed by atoms with Crippen LogP contribution in [0.25, 0.3) is 72.2 Å². The molecule has 0 atom stereocenters. The molecule has 11 rings (SSSR count). The summed E-state index contributed by atoms with van der Waals surface area (Å²) in [6, 6.07) is 64.4. The molecule has 6 heteroatoms. The van der Waals surface area contributed by atoms with Crippen molar-refractivity contribution in [2.75, 3.05) is 4.90 Å². The zero-order valence-corrected chi connectivity index (χ0v) is 37.6. The van der Waals surface area contributed by atoms with Crippen LogP contribution in [0.4, 0.5) is 17.1 Å². The fourth-order valence-electron chi connectivity index (χ4n) is 9.48. The van der Waals surface area contributed by atoms with E-state index in [1.807, 2.05) is 6.20 Å². The van der Waals surface area contributed by atoms with Gasteiger partial charge in [-0.05, 0) is 95.8 Å². The minimum atomic E-state index is 0. The van der Waals surface area contributed by atoms with Gasteiger partial charge in [0, 0.05) is 68.8 Å². The van der Waals surface area contributed by atoms with Gasteiger partial charge >= 0.3 is 0 Å². The Kier molecular flexibility index (Phi) is 10.6. The number of aromatic nitrogens is 4. The van der Waals surface area contributed by atoms with E-state index in [0.717, 1.165) is 90.9 Å². The van der Waals surface area contributed by atoms with Crippen molar-refractivity contribution in [1.82, 2.24) is 18.7 Å². The molecule has 1 aliphatic rings. The van der Waals surface area contributed by atoms with Gasteiger partial charge < -0.3 is 9.47 Å². The summed E-state index contributed by atoms with van der Waals surface area (Å²) in [6.45, 7) is 4.37. The Morgan fingerprint density at radius 3 is 2.16 bits per heavy atom. The maximum atomic E-state index is 5.06. The number of rotatable bonds is 8. The zero-order chi connectivity index (χ0) is 41.7. The van der Waals surface area contributed by atoms with Crippen LogP contribution in [-0.4, -0.2) is 18.7 Å². The molecule has 1 aliphatic carbocycles. The van der Waals surface area contributed by atoms with E-state index in [-0.39, 0.29) is 21.1 Å². The summed E-state index contributed by atoms with van der Waals surface area (Å²) in [5.41, 5.74) is 17.8. The van der Waals surface area contributed by atoms with Crippen molar-refractivity contribution >= 4 is 55.5 Å². The minimum absolute atomic E-state index is 0. The van der Waals surface area contributed by atoms with Gasteiger partial charge in [0.05, 0.1) is 5.69 Å². The first-order valence-corrected chi connectivity index (χ1v) is 21.3. The maximum absolute atomic E-state index is 5.06. The average molecular weight is 994 g/mol. The molecule has 0 unspecified atom stereocenters. The Morgan fingerprint density at radius 2 is 1.35 bits per heavy atom. The molecule has 5 nitrogen and oxygen atoms in total. The Balaban J connectivity index is 0.00000471. The van der Waals surface area contributed by atoms with Crippen LogP contribution in [-0.2, 0) is 28.1 Å². The van der Waals surface area contributed by atoms with Gasteiger partial charge in [-0.2, -0.15) is 12.1 Å². The summed E-state index contributed by atoms with van der Waals surface area (Å²) in [5, 5.41) is 2.27. The first-order valence-electron chi connectivity index (χ1n) is 21.3. The first kappa shape index (κ1) is 40.0. The fraction of sp³-hybridized carbons (Fsp3) is 0.0877. The number of anilines is 3. The van der Waals surface area contributed by atoms with Gasteiger partial charge in [0.15, 0.2) is 17.4 Å². The van der Waals surface area contributed by atoms with E-state index in [9.17, 15) is 0 Å². The van der Waals surface area contributed by atoms with Crippen molar-refractivity contribution < 1.29 is 21.1 Å².